The van der Waals surface area contributed by atoms with Gasteiger partial charge in [-0.15, -0.1) is 0 Å². The second-order valence-corrected chi connectivity index (χ2v) is 8.37. The Morgan fingerprint density at radius 2 is 1.87 bits per heavy atom. The van der Waals surface area contributed by atoms with Crippen LogP contribution in [0.2, 0.25) is 0 Å². The number of imidazole rings is 1. The van der Waals surface area contributed by atoms with Crippen molar-refractivity contribution in [3.05, 3.63) is 41.9 Å². The van der Waals surface area contributed by atoms with Crippen molar-refractivity contribution in [3.63, 3.8) is 0 Å². The minimum absolute atomic E-state index is 0.0185. The molecule has 0 radical (unpaired) electrons. The van der Waals surface area contributed by atoms with Gasteiger partial charge in [-0.1, -0.05) is 18.6 Å². The third kappa shape index (κ3) is 3.81. The summed E-state index contributed by atoms with van der Waals surface area (Å²) < 4.78 is 7.23. The molecule has 2 aromatic heterocycles. The number of carbonyl (C=O) groups excluding carboxylic acids is 1. The molecular formula is C23H27N5O2. The van der Waals surface area contributed by atoms with Crippen molar-refractivity contribution in [2.24, 2.45) is 5.92 Å². The number of anilines is 1. The van der Waals surface area contributed by atoms with Crippen LogP contribution < -0.4 is 5.32 Å². The predicted molar refractivity (Wildman–Crippen MR) is 114 cm³/mol. The summed E-state index contributed by atoms with van der Waals surface area (Å²) in [6.07, 6.45) is 10.3. The van der Waals surface area contributed by atoms with Gasteiger partial charge in [0.1, 0.15) is 0 Å². The SMILES string of the molecule is CO[C@@H]1CCC[C@H](C(=O)Nc2ccc(-c3cn4nc5c(nc4n3)CCCC5)cc2)C1. The van der Waals surface area contributed by atoms with Gasteiger partial charge in [0, 0.05) is 24.3 Å². The fraction of sp³-hybridized carbons (Fsp3) is 0.478. The number of nitrogens with zero attached hydrogens (tertiary/aromatic N) is 4. The van der Waals surface area contributed by atoms with E-state index in [1.165, 1.54) is 12.8 Å². The Kier molecular flexibility index (Phi) is 5.21. The second kappa shape index (κ2) is 8.14. The van der Waals surface area contributed by atoms with Gasteiger partial charge in [-0.2, -0.15) is 5.10 Å². The van der Waals surface area contributed by atoms with Gasteiger partial charge in [-0.25, -0.2) is 14.5 Å². The van der Waals surface area contributed by atoms with Crippen LogP contribution in [-0.2, 0) is 22.4 Å². The molecule has 0 aliphatic heterocycles. The lowest BCUT2D eigenvalue weighted by Crippen LogP contribution is -2.30. The zero-order valence-corrected chi connectivity index (χ0v) is 17.3. The molecule has 1 saturated carbocycles. The first-order chi connectivity index (χ1) is 14.7. The summed E-state index contributed by atoms with van der Waals surface area (Å²) in [5, 5.41) is 7.76. The van der Waals surface area contributed by atoms with Gasteiger partial charge in [-0.3, -0.25) is 4.79 Å². The normalized spacial score (nSPS) is 21.4. The van der Waals surface area contributed by atoms with Gasteiger partial charge in [0.05, 0.1) is 29.4 Å². The number of rotatable bonds is 4. The number of nitrogens with one attached hydrogen (secondary N) is 1. The Labute approximate surface area is 175 Å². The van der Waals surface area contributed by atoms with Crippen LogP contribution in [0.5, 0.6) is 0 Å². The minimum Gasteiger partial charge on any atom is -0.381 e. The summed E-state index contributed by atoms with van der Waals surface area (Å²) >= 11 is 0. The van der Waals surface area contributed by atoms with Gasteiger partial charge >= 0.3 is 0 Å². The highest BCUT2D eigenvalue weighted by atomic mass is 16.5. The van der Waals surface area contributed by atoms with Gasteiger partial charge in [0.25, 0.3) is 5.78 Å². The number of ether oxygens (including phenoxy) is 1. The van der Waals surface area contributed by atoms with Crippen LogP contribution in [0.3, 0.4) is 0 Å². The number of amides is 1. The first-order valence-electron chi connectivity index (χ1n) is 10.9. The number of hydrogen-bond donors (Lipinski definition) is 1. The summed E-state index contributed by atoms with van der Waals surface area (Å²) in [5.41, 5.74) is 4.80. The molecule has 2 aliphatic carbocycles. The quantitative estimate of drug-likeness (QED) is 0.714. The summed E-state index contributed by atoms with van der Waals surface area (Å²) in [7, 11) is 1.73. The number of aromatic nitrogens is 4. The van der Waals surface area contributed by atoms with Gasteiger partial charge in [0.2, 0.25) is 5.91 Å². The fourth-order valence-electron chi connectivity index (χ4n) is 4.57. The van der Waals surface area contributed by atoms with E-state index in [-0.39, 0.29) is 17.9 Å². The fourth-order valence-corrected chi connectivity index (χ4v) is 4.57. The number of aryl methyl sites for hydroxylation is 2. The maximum atomic E-state index is 12.6. The highest BCUT2D eigenvalue weighted by molar-refractivity contribution is 5.92. The first-order valence-corrected chi connectivity index (χ1v) is 10.9. The first kappa shape index (κ1) is 19.2. The summed E-state index contributed by atoms with van der Waals surface area (Å²) in [6, 6.07) is 7.83. The van der Waals surface area contributed by atoms with Crippen molar-refractivity contribution in [1.82, 2.24) is 19.6 Å². The van der Waals surface area contributed by atoms with E-state index in [1.54, 1.807) is 11.6 Å². The van der Waals surface area contributed by atoms with Crippen LogP contribution in [0.1, 0.15) is 49.9 Å². The number of benzene rings is 1. The number of fused-ring (bicyclic) bond motifs is 2. The molecule has 1 aromatic carbocycles. The van der Waals surface area contributed by atoms with E-state index in [1.807, 2.05) is 30.5 Å². The third-order valence-corrected chi connectivity index (χ3v) is 6.32. The zero-order valence-electron chi connectivity index (χ0n) is 17.3. The van der Waals surface area contributed by atoms with Crippen LogP contribution >= 0.6 is 0 Å². The lowest BCUT2D eigenvalue weighted by Gasteiger charge is -2.27. The topological polar surface area (TPSA) is 81.4 Å². The maximum absolute atomic E-state index is 12.6. The molecule has 2 heterocycles. The molecule has 3 aromatic rings. The molecule has 2 aliphatic rings. The molecule has 0 spiro atoms. The molecule has 5 rings (SSSR count). The highest BCUT2D eigenvalue weighted by Gasteiger charge is 2.27. The van der Waals surface area contributed by atoms with Crippen LogP contribution in [0.15, 0.2) is 30.5 Å². The van der Waals surface area contributed by atoms with E-state index in [0.29, 0.717) is 5.78 Å². The van der Waals surface area contributed by atoms with E-state index in [0.717, 1.165) is 66.9 Å². The smallest absolute Gasteiger partial charge is 0.251 e. The third-order valence-electron chi connectivity index (χ3n) is 6.32. The summed E-state index contributed by atoms with van der Waals surface area (Å²) in [4.78, 5) is 22.0. The van der Waals surface area contributed by atoms with Crippen LogP contribution in [0.25, 0.3) is 17.0 Å². The maximum Gasteiger partial charge on any atom is 0.251 e. The molecule has 7 nitrogen and oxygen atoms in total. The standard InChI is InChI=1S/C23H27N5O2/c1-30-18-6-4-5-16(13-18)22(29)24-17-11-9-15(10-12-17)21-14-28-23(26-21)25-19-7-2-3-8-20(19)27-28/h9-12,14,16,18H,2-8,13H2,1H3,(H,24,29)/t16-,18+/m0/s1. The average molecular weight is 406 g/mol. The van der Waals surface area contributed by atoms with Crippen LogP contribution in [0, 0.1) is 5.92 Å². The van der Waals surface area contributed by atoms with Crippen molar-refractivity contribution in [3.8, 4) is 11.3 Å². The van der Waals surface area contributed by atoms with E-state index >= 15 is 0 Å². The predicted octanol–water partition coefficient (Wildman–Crippen LogP) is 3.81. The van der Waals surface area contributed by atoms with E-state index in [4.69, 9.17) is 14.8 Å². The molecule has 7 heteroatoms. The minimum atomic E-state index is 0.0185. The molecular weight excluding hydrogens is 378 g/mol. The highest BCUT2D eigenvalue weighted by Crippen LogP contribution is 2.28. The molecule has 1 fully saturated rings. The second-order valence-electron chi connectivity index (χ2n) is 8.37. The monoisotopic (exact) mass is 405 g/mol. The van der Waals surface area contributed by atoms with E-state index in [9.17, 15) is 4.79 Å². The molecule has 1 N–H and O–H groups in total. The van der Waals surface area contributed by atoms with Crippen LogP contribution in [0.4, 0.5) is 5.69 Å². The summed E-state index contributed by atoms with van der Waals surface area (Å²) in [5.74, 6) is 0.745. The molecule has 0 unspecified atom stereocenters. The zero-order chi connectivity index (χ0) is 20.5. The average Bonchev–Trinajstić information content (AvgIpc) is 3.20. The Hall–Kier alpha value is -2.80. The van der Waals surface area contributed by atoms with E-state index in [2.05, 4.69) is 10.3 Å². The lowest BCUT2D eigenvalue weighted by atomic mass is 9.86. The molecule has 0 bridgehead atoms. The Bertz CT molecular complexity index is 1020. The lowest BCUT2D eigenvalue weighted by molar-refractivity contribution is -0.122. The Morgan fingerprint density at radius 1 is 1.07 bits per heavy atom. The number of carbonyl (C=O) groups is 1. The van der Waals surface area contributed by atoms with Gasteiger partial charge < -0.3 is 10.1 Å². The number of hydrogen-bond acceptors (Lipinski definition) is 5. The van der Waals surface area contributed by atoms with Gasteiger partial charge in [-0.05, 0) is 57.1 Å². The van der Waals surface area contributed by atoms with Crippen molar-refractivity contribution in [2.45, 2.75) is 57.5 Å². The Balaban J connectivity index is 1.30. The Morgan fingerprint density at radius 3 is 2.67 bits per heavy atom. The van der Waals surface area contributed by atoms with Crippen molar-refractivity contribution in [1.29, 1.82) is 0 Å². The van der Waals surface area contributed by atoms with Gasteiger partial charge in [0.15, 0.2) is 0 Å². The van der Waals surface area contributed by atoms with Crippen LogP contribution in [-0.4, -0.2) is 38.7 Å². The molecule has 0 saturated heterocycles. The number of methoxy groups -OCH3 is 1. The largest absolute Gasteiger partial charge is 0.381 e. The molecule has 1 amide bonds. The molecule has 30 heavy (non-hydrogen) atoms. The van der Waals surface area contributed by atoms with Crippen molar-refractivity contribution in [2.75, 3.05) is 12.4 Å². The van der Waals surface area contributed by atoms with E-state index < -0.39 is 0 Å². The molecule has 156 valence electrons. The van der Waals surface area contributed by atoms with Crippen molar-refractivity contribution < 1.29 is 9.53 Å². The molecule has 2 atom stereocenters. The summed E-state index contributed by atoms with van der Waals surface area (Å²) in [6.45, 7) is 0. The van der Waals surface area contributed by atoms with Crippen molar-refractivity contribution >= 4 is 17.4 Å².